The van der Waals surface area contributed by atoms with E-state index in [0.29, 0.717) is 12.2 Å². The van der Waals surface area contributed by atoms with E-state index in [0.717, 1.165) is 0 Å². The lowest BCUT2D eigenvalue weighted by Crippen LogP contribution is -2.23. The maximum absolute atomic E-state index is 11.8. The summed E-state index contributed by atoms with van der Waals surface area (Å²) in [5.74, 6) is 0. The molecule has 17 heavy (non-hydrogen) atoms. The van der Waals surface area contributed by atoms with E-state index in [-0.39, 0.29) is 5.56 Å². The molecule has 2 rings (SSSR count). The van der Waals surface area contributed by atoms with Gasteiger partial charge in [-0.05, 0) is 42.7 Å². The first kappa shape index (κ1) is 11.5. The van der Waals surface area contributed by atoms with E-state index >= 15 is 0 Å². The Labute approximate surface area is 101 Å². The second kappa shape index (κ2) is 4.45. The first-order valence-electron chi connectivity index (χ1n) is 5.59. The Balaban J connectivity index is 2.45. The van der Waals surface area contributed by atoms with Gasteiger partial charge in [0.05, 0.1) is 12.2 Å². The molecule has 0 aliphatic rings. The number of nitrogens with zero attached hydrogens (tertiary/aromatic N) is 1. The molecule has 0 aliphatic carbocycles. The molecule has 3 heteroatoms. The molecule has 0 saturated carbocycles. The van der Waals surface area contributed by atoms with Gasteiger partial charge in [-0.25, -0.2) is 0 Å². The molecule has 0 bridgehead atoms. The number of hydrogen-bond acceptors (Lipinski definition) is 2. The molecule has 0 fully saturated rings. The fourth-order valence-corrected chi connectivity index (χ4v) is 1.95. The average Bonchev–Trinajstić information content (AvgIpc) is 2.29. The fraction of sp³-hybridized carbons (Fsp3) is 0.214. The van der Waals surface area contributed by atoms with E-state index in [2.05, 4.69) is 26.0 Å². The van der Waals surface area contributed by atoms with Crippen LogP contribution in [0.4, 0.5) is 5.69 Å². The molecule has 0 spiro atoms. The molecule has 2 N–H and O–H groups in total. The van der Waals surface area contributed by atoms with E-state index in [1.165, 1.54) is 16.7 Å². The summed E-state index contributed by atoms with van der Waals surface area (Å²) in [5.41, 5.74) is 9.35. The highest BCUT2D eigenvalue weighted by atomic mass is 16.1. The Morgan fingerprint density at radius 2 is 1.76 bits per heavy atom. The second-order valence-electron chi connectivity index (χ2n) is 4.27. The van der Waals surface area contributed by atoms with E-state index in [9.17, 15) is 4.79 Å². The summed E-state index contributed by atoms with van der Waals surface area (Å²) in [6, 6.07) is 9.56. The molecule has 0 saturated heterocycles. The number of anilines is 1. The van der Waals surface area contributed by atoms with Crippen molar-refractivity contribution in [1.82, 2.24) is 4.57 Å². The van der Waals surface area contributed by atoms with Gasteiger partial charge in [0, 0.05) is 6.20 Å². The van der Waals surface area contributed by atoms with Gasteiger partial charge in [0.1, 0.15) is 0 Å². The van der Waals surface area contributed by atoms with Crippen LogP contribution in [0.25, 0.3) is 0 Å². The topological polar surface area (TPSA) is 48.0 Å². The Morgan fingerprint density at radius 3 is 2.41 bits per heavy atom. The zero-order valence-electron chi connectivity index (χ0n) is 10.1. The van der Waals surface area contributed by atoms with E-state index in [1.54, 1.807) is 22.9 Å². The van der Waals surface area contributed by atoms with Crippen LogP contribution in [0.5, 0.6) is 0 Å². The van der Waals surface area contributed by atoms with Crippen molar-refractivity contribution in [3.05, 3.63) is 63.6 Å². The van der Waals surface area contributed by atoms with Crippen LogP contribution in [0, 0.1) is 13.8 Å². The number of hydrogen-bond donors (Lipinski definition) is 1. The molecule has 0 unspecified atom stereocenters. The first-order valence-corrected chi connectivity index (χ1v) is 5.59. The quantitative estimate of drug-likeness (QED) is 0.855. The molecule has 0 amide bonds. The summed E-state index contributed by atoms with van der Waals surface area (Å²) >= 11 is 0. The number of nitrogen functional groups attached to an aromatic ring is 1. The SMILES string of the molecule is Cc1cccc(C)c1Cn1cccc(N)c1=O. The summed E-state index contributed by atoms with van der Waals surface area (Å²) in [6.45, 7) is 4.68. The molecule has 1 aromatic carbocycles. The summed E-state index contributed by atoms with van der Waals surface area (Å²) in [4.78, 5) is 11.8. The minimum absolute atomic E-state index is 0.129. The first-order chi connectivity index (χ1) is 8.09. The lowest BCUT2D eigenvalue weighted by molar-refractivity contribution is 0.753. The van der Waals surface area contributed by atoms with Gasteiger partial charge in [-0.1, -0.05) is 18.2 Å². The molecule has 0 aliphatic heterocycles. The van der Waals surface area contributed by atoms with Crippen molar-refractivity contribution < 1.29 is 0 Å². The third-order valence-corrected chi connectivity index (χ3v) is 3.02. The molecule has 0 radical (unpaired) electrons. The van der Waals surface area contributed by atoms with Gasteiger partial charge in [0.25, 0.3) is 5.56 Å². The van der Waals surface area contributed by atoms with Crippen LogP contribution in [-0.2, 0) is 6.54 Å². The molecule has 2 aromatic rings. The number of benzene rings is 1. The van der Waals surface area contributed by atoms with Crippen LogP contribution >= 0.6 is 0 Å². The van der Waals surface area contributed by atoms with Crippen LogP contribution in [0.2, 0.25) is 0 Å². The third-order valence-electron chi connectivity index (χ3n) is 3.02. The molecule has 88 valence electrons. The number of aryl methyl sites for hydroxylation is 2. The van der Waals surface area contributed by atoms with Gasteiger partial charge in [-0.3, -0.25) is 4.79 Å². The maximum atomic E-state index is 11.8. The van der Waals surface area contributed by atoms with E-state index in [4.69, 9.17) is 5.73 Å². The molecule has 1 heterocycles. The van der Waals surface area contributed by atoms with Crippen LogP contribution in [0.1, 0.15) is 16.7 Å². The lowest BCUT2D eigenvalue weighted by atomic mass is 10.0. The van der Waals surface area contributed by atoms with Crippen LogP contribution < -0.4 is 11.3 Å². The lowest BCUT2D eigenvalue weighted by Gasteiger charge is -2.11. The Kier molecular flexibility index (Phi) is 3.00. The normalized spacial score (nSPS) is 10.5. The van der Waals surface area contributed by atoms with Gasteiger partial charge >= 0.3 is 0 Å². The highest BCUT2D eigenvalue weighted by molar-refractivity contribution is 5.36. The summed E-state index contributed by atoms with van der Waals surface area (Å²) < 4.78 is 1.64. The van der Waals surface area contributed by atoms with Gasteiger partial charge in [0.2, 0.25) is 0 Å². The zero-order valence-corrected chi connectivity index (χ0v) is 10.1. The molecule has 1 aromatic heterocycles. The predicted molar refractivity (Wildman–Crippen MR) is 70.1 cm³/mol. The van der Waals surface area contributed by atoms with Gasteiger partial charge < -0.3 is 10.3 Å². The summed E-state index contributed by atoms with van der Waals surface area (Å²) in [5, 5.41) is 0. The second-order valence-corrected chi connectivity index (χ2v) is 4.27. The van der Waals surface area contributed by atoms with Crippen molar-refractivity contribution in [2.75, 3.05) is 5.73 Å². The minimum atomic E-state index is -0.129. The van der Waals surface area contributed by atoms with Crippen molar-refractivity contribution in [3.8, 4) is 0 Å². The largest absolute Gasteiger partial charge is 0.394 e. The van der Waals surface area contributed by atoms with Crippen molar-refractivity contribution >= 4 is 5.69 Å². The number of nitrogens with two attached hydrogens (primary N) is 1. The summed E-state index contributed by atoms with van der Waals surface area (Å²) in [6.07, 6.45) is 1.77. The van der Waals surface area contributed by atoms with Crippen LogP contribution in [-0.4, -0.2) is 4.57 Å². The highest BCUT2D eigenvalue weighted by Gasteiger charge is 2.05. The van der Waals surface area contributed by atoms with Crippen molar-refractivity contribution in [2.45, 2.75) is 20.4 Å². The van der Waals surface area contributed by atoms with Crippen molar-refractivity contribution in [3.63, 3.8) is 0 Å². The van der Waals surface area contributed by atoms with E-state index < -0.39 is 0 Å². The van der Waals surface area contributed by atoms with Crippen molar-refractivity contribution in [1.29, 1.82) is 0 Å². The standard InChI is InChI=1S/C14H16N2O/c1-10-5-3-6-11(2)12(10)9-16-8-4-7-13(15)14(16)17/h3-8H,9,15H2,1-2H3. The monoisotopic (exact) mass is 228 g/mol. The molecular weight excluding hydrogens is 212 g/mol. The molecule has 0 atom stereocenters. The Morgan fingerprint density at radius 1 is 1.12 bits per heavy atom. The number of pyridine rings is 1. The van der Waals surface area contributed by atoms with Gasteiger partial charge in [-0.2, -0.15) is 0 Å². The highest BCUT2D eigenvalue weighted by Crippen LogP contribution is 2.14. The predicted octanol–water partition coefficient (Wildman–Crippen LogP) is 2.10. The minimum Gasteiger partial charge on any atom is -0.394 e. The average molecular weight is 228 g/mol. The van der Waals surface area contributed by atoms with Gasteiger partial charge in [-0.15, -0.1) is 0 Å². The Hall–Kier alpha value is -2.03. The maximum Gasteiger partial charge on any atom is 0.273 e. The fourth-order valence-electron chi connectivity index (χ4n) is 1.95. The molecule has 3 nitrogen and oxygen atoms in total. The van der Waals surface area contributed by atoms with Crippen LogP contribution in [0.15, 0.2) is 41.3 Å². The van der Waals surface area contributed by atoms with Crippen LogP contribution in [0.3, 0.4) is 0 Å². The third kappa shape index (κ3) is 2.23. The van der Waals surface area contributed by atoms with Gasteiger partial charge in [0.15, 0.2) is 0 Å². The number of aromatic nitrogens is 1. The zero-order chi connectivity index (χ0) is 12.4. The summed E-state index contributed by atoms with van der Waals surface area (Å²) in [7, 11) is 0. The van der Waals surface area contributed by atoms with Crippen molar-refractivity contribution in [2.24, 2.45) is 0 Å². The molecular formula is C14H16N2O. The number of rotatable bonds is 2. The smallest absolute Gasteiger partial charge is 0.273 e. The Bertz CT molecular complexity index is 579. The van der Waals surface area contributed by atoms with E-state index in [1.807, 2.05) is 6.07 Å².